The number of anilines is 1. The van der Waals surface area contributed by atoms with Crippen LogP contribution in [0, 0.1) is 5.82 Å². The molecule has 0 bridgehead atoms. The average molecular weight is 293 g/mol. The first-order chi connectivity index (χ1) is 8.62. The Morgan fingerprint density at radius 2 is 2.21 bits per heavy atom. The summed E-state index contributed by atoms with van der Waals surface area (Å²) in [5.74, 6) is -0.552. The Morgan fingerprint density at radius 1 is 1.53 bits per heavy atom. The first-order valence-electron chi connectivity index (χ1n) is 5.58. The van der Waals surface area contributed by atoms with E-state index in [4.69, 9.17) is 15.2 Å². The highest BCUT2D eigenvalue weighted by molar-refractivity contribution is 5.95. The number of carbonyl (C=O) groups excluding carboxylic acids is 1. The van der Waals surface area contributed by atoms with Crippen LogP contribution in [0.25, 0.3) is 0 Å². The standard InChI is InChI=1S/C12H17FN2O3.ClH/c1-3-18-10-6-8(13)4-5-9(10)15-12(16)11(7-14)17-2;/h4-6,11H,3,7,14H2,1-2H3,(H,15,16);1H. The molecule has 0 fully saturated rings. The fraction of sp³-hybridized carbons (Fsp3) is 0.417. The highest BCUT2D eigenvalue weighted by atomic mass is 35.5. The van der Waals surface area contributed by atoms with Gasteiger partial charge in [0.1, 0.15) is 17.7 Å². The number of carbonyl (C=O) groups is 1. The number of rotatable bonds is 6. The lowest BCUT2D eigenvalue weighted by Gasteiger charge is -2.15. The molecule has 1 aromatic carbocycles. The number of halogens is 2. The molecule has 1 atom stereocenters. The molecule has 0 spiro atoms. The van der Waals surface area contributed by atoms with E-state index in [9.17, 15) is 9.18 Å². The maximum absolute atomic E-state index is 13.1. The van der Waals surface area contributed by atoms with E-state index < -0.39 is 17.8 Å². The minimum absolute atomic E-state index is 0. The van der Waals surface area contributed by atoms with E-state index in [1.54, 1.807) is 6.92 Å². The molecule has 0 heterocycles. The molecule has 0 aliphatic heterocycles. The van der Waals surface area contributed by atoms with Gasteiger partial charge in [-0.3, -0.25) is 4.79 Å². The van der Waals surface area contributed by atoms with Crippen molar-refractivity contribution in [3.05, 3.63) is 24.0 Å². The molecular weight excluding hydrogens is 275 g/mol. The summed E-state index contributed by atoms with van der Waals surface area (Å²) in [7, 11) is 1.39. The van der Waals surface area contributed by atoms with Crippen LogP contribution in [-0.2, 0) is 9.53 Å². The van der Waals surface area contributed by atoms with Crippen molar-refractivity contribution >= 4 is 24.0 Å². The molecule has 1 unspecified atom stereocenters. The minimum Gasteiger partial charge on any atom is -0.492 e. The van der Waals surface area contributed by atoms with Gasteiger partial charge in [-0.25, -0.2) is 4.39 Å². The van der Waals surface area contributed by atoms with Crippen molar-refractivity contribution in [2.75, 3.05) is 25.6 Å². The number of nitrogens with one attached hydrogen (secondary N) is 1. The molecule has 108 valence electrons. The molecule has 19 heavy (non-hydrogen) atoms. The van der Waals surface area contributed by atoms with Gasteiger partial charge in [0.15, 0.2) is 0 Å². The van der Waals surface area contributed by atoms with Crippen LogP contribution in [0.15, 0.2) is 18.2 Å². The lowest BCUT2D eigenvalue weighted by atomic mass is 10.2. The molecule has 0 aliphatic rings. The van der Waals surface area contributed by atoms with Crippen LogP contribution in [0.4, 0.5) is 10.1 Å². The van der Waals surface area contributed by atoms with Crippen LogP contribution >= 0.6 is 12.4 Å². The highest BCUT2D eigenvalue weighted by Gasteiger charge is 2.17. The number of methoxy groups -OCH3 is 1. The predicted octanol–water partition coefficient (Wildman–Crippen LogP) is 1.56. The number of benzene rings is 1. The molecule has 7 heteroatoms. The number of hydrogen-bond acceptors (Lipinski definition) is 4. The molecule has 1 aromatic rings. The number of amides is 1. The molecule has 0 saturated heterocycles. The Labute approximate surface area is 117 Å². The van der Waals surface area contributed by atoms with Gasteiger partial charge in [-0.05, 0) is 19.1 Å². The van der Waals surface area contributed by atoms with E-state index in [0.717, 1.165) is 0 Å². The average Bonchev–Trinajstić information content (AvgIpc) is 2.34. The lowest BCUT2D eigenvalue weighted by Crippen LogP contribution is -2.36. The molecule has 1 rings (SSSR count). The Morgan fingerprint density at radius 3 is 2.74 bits per heavy atom. The van der Waals surface area contributed by atoms with Gasteiger partial charge in [-0.15, -0.1) is 12.4 Å². The monoisotopic (exact) mass is 292 g/mol. The third kappa shape index (κ3) is 5.02. The van der Waals surface area contributed by atoms with Crippen molar-refractivity contribution in [3.8, 4) is 5.75 Å². The first kappa shape index (κ1) is 17.6. The zero-order chi connectivity index (χ0) is 13.5. The number of ether oxygens (including phenoxy) is 2. The zero-order valence-corrected chi connectivity index (χ0v) is 11.6. The van der Waals surface area contributed by atoms with Gasteiger partial charge in [0.25, 0.3) is 5.91 Å². The van der Waals surface area contributed by atoms with E-state index in [2.05, 4.69) is 5.32 Å². The minimum atomic E-state index is -0.746. The van der Waals surface area contributed by atoms with Crippen LogP contribution in [0.5, 0.6) is 5.75 Å². The molecule has 3 N–H and O–H groups in total. The number of nitrogens with two attached hydrogens (primary N) is 1. The van der Waals surface area contributed by atoms with Gasteiger partial charge in [0.05, 0.1) is 12.3 Å². The van der Waals surface area contributed by atoms with Crippen molar-refractivity contribution in [3.63, 3.8) is 0 Å². The lowest BCUT2D eigenvalue weighted by molar-refractivity contribution is -0.125. The molecule has 0 saturated carbocycles. The maximum atomic E-state index is 13.1. The topological polar surface area (TPSA) is 73.6 Å². The summed E-state index contributed by atoms with van der Waals surface area (Å²) in [6, 6.07) is 3.88. The normalized spacial score (nSPS) is 11.4. The van der Waals surface area contributed by atoms with E-state index in [0.29, 0.717) is 12.3 Å². The van der Waals surface area contributed by atoms with Gasteiger partial charge in [0, 0.05) is 19.7 Å². The van der Waals surface area contributed by atoms with Gasteiger partial charge in [-0.1, -0.05) is 0 Å². The predicted molar refractivity (Wildman–Crippen MR) is 73.3 cm³/mol. The fourth-order valence-electron chi connectivity index (χ4n) is 1.40. The Kier molecular flexibility index (Phi) is 8.06. The largest absolute Gasteiger partial charge is 0.492 e. The van der Waals surface area contributed by atoms with Crippen molar-refractivity contribution in [2.24, 2.45) is 5.73 Å². The fourth-order valence-corrected chi connectivity index (χ4v) is 1.40. The van der Waals surface area contributed by atoms with Gasteiger partial charge >= 0.3 is 0 Å². The second kappa shape index (κ2) is 8.68. The highest BCUT2D eigenvalue weighted by Crippen LogP contribution is 2.25. The maximum Gasteiger partial charge on any atom is 0.254 e. The van der Waals surface area contributed by atoms with Gasteiger partial charge in [-0.2, -0.15) is 0 Å². The third-order valence-corrected chi connectivity index (χ3v) is 2.29. The zero-order valence-electron chi connectivity index (χ0n) is 10.8. The van der Waals surface area contributed by atoms with Crippen molar-refractivity contribution in [2.45, 2.75) is 13.0 Å². The van der Waals surface area contributed by atoms with Crippen LogP contribution in [0.2, 0.25) is 0 Å². The van der Waals surface area contributed by atoms with Crippen LogP contribution in [0.3, 0.4) is 0 Å². The number of hydrogen-bond donors (Lipinski definition) is 2. The Bertz CT molecular complexity index is 414. The van der Waals surface area contributed by atoms with Crippen molar-refractivity contribution in [1.29, 1.82) is 0 Å². The summed E-state index contributed by atoms with van der Waals surface area (Å²) in [5.41, 5.74) is 5.77. The second-order valence-electron chi connectivity index (χ2n) is 3.52. The smallest absolute Gasteiger partial charge is 0.254 e. The second-order valence-corrected chi connectivity index (χ2v) is 3.52. The summed E-state index contributed by atoms with van der Waals surface area (Å²) < 4.78 is 23.2. The van der Waals surface area contributed by atoms with Gasteiger partial charge in [0.2, 0.25) is 0 Å². The molecule has 0 aliphatic carbocycles. The van der Waals surface area contributed by atoms with E-state index in [-0.39, 0.29) is 24.7 Å². The first-order valence-corrected chi connectivity index (χ1v) is 5.58. The Hall–Kier alpha value is -1.37. The molecule has 0 radical (unpaired) electrons. The quantitative estimate of drug-likeness (QED) is 0.834. The summed E-state index contributed by atoms with van der Waals surface area (Å²) >= 11 is 0. The third-order valence-electron chi connectivity index (χ3n) is 2.29. The molecule has 1 amide bonds. The van der Waals surface area contributed by atoms with Crippen molar-refractivity contribution < 1.29 is 18.7 Å². The van der Waals surface area contributed by atoms with Crippen LogP contribution in [0.1, 0.15) is 6.92 Å². The Balaban J connectivity index is 0.00000324. The summed E-state index contributed by atoms with van der Waals surface area (Å²) in [4.78, 5) is 11.8. The molecule has 5 nitrogen and oxygen atoms in total. The van der Waals surface area contributed by atoms with Crippen molar-refractivity contribution in [1.82, 2.24) is 0 Å². The summed E-state index contributed by atoms with van der Waals surface area (Å²) in [6.07, 6.45) is -0.746. The van der Waals surface area contributed by atoms with Gasteiger partial charge < -0.3 is 20.5 Å². The molecular formula is C12H18ClFN2O3. The van der Waals surface area contributed by atoms with E-state index >= 15 is 0 Å². The van der Waals surface area contributed by atoms with E-state index in [1.807, 2.05) is 0 Å². The summed E-state index contributed by atoms with van der Waals surface area (Å²) in [5, 5.41) is 2.59. The SMILES string of the molecule is CCOc1cc(F)ccc1NC(=O)C(CN)OC.Cl. The van der Waals surface area contributed by atoms with Crippen LogP contribution in [-0.4, -0.2) is 32.3 Å². The van der Waals surface area contributed by atoms with E-state index in [1.165, 1.54) is 25.3 Å². The van der Waals surface area contributed by atoms with Crippen LogP contribution < -0.4 is 15.8 Å². The summed E-state index contributed by atoms with van der Waals surface area (Å²) in [6.45, 7) is 2.21. The molecule has 0 aromatic heterocycles.